The molecule has 5 nitrogen and oxygen atoms in total. The largest absolute Gasteiger partial charge is 0.341 e. The summed E-state index contributed by atoms with van der Waals surface area (Å²) < 4.78 is 41.0. The molecule has 4 rings (SSSR count). The fourth-order valence-corrected chi connectivity index (χ4v) is 3.33. The van der Waals surface area contributed by atoms with Crippen molar-refractivity contribution in [3.05, 3.63) is 48.0 Å². The zero-order valence-corrected chi connectivity index (χ0v) is 14.4. The van der Waals surface area contributed by atoms with E-state index in [9.17, 15) is 18.0 Å². The van der Waals surface area contributed by atoms with E-state index in [1.807, 2.05) is 0 Å². The van der Waals surface area contributed by atoms with E-state index in [2.05, 4.69) is 10.1 Å². The summed E-state index contributed by atoms with van der Waals surface area (Å²) in [6, 6.07) is 5.31. The summed E-state index contributed by atoms with van der Waals surface area (Å²) in [6.07, 6.45) is 2.21. The standard InChI is InChI=1S/C19H17F3N4O/c20-15-4-3-12(7-14(15)19(21)22)13-8-17-16(23-9-13)10-24-26(17)11-18(27)25-5-1-2-6-25/h3-4,7-10,19H,1-2,5-6,11H2. The number of fused-ring (bicyclic) bond motifs is 1. The van der Waals surface area contributed by atoms with Crippen LogP contribution in [0, 0.1) is 5.82 Å². The summed E-state index contributed by atoms with van der Waals surface area (Å²) in [5.41, 5.74) is 1.57. The lowest BCUT2D eigenvalue weighted by Gasteiger charge is -2.15. The third-order valence-corrected chi connectivity index (χ3v) is 4.80. The maximum Gasteiger partial charge on any atom is 0.266 e. The maximum atomic E-state index is 13.5. The summed E-state index contributed by atoms with van der Waals surface area (Å²) in [7, 11) is 0. The van der Waals surface area contributed by atoms with Gasteiger partial charge in [-0.1, -0.05) is 6.07 Å². The maximum absolute atomic E-state index is 13.5. The minimum atomic E-state index is -2.90. The number of nitrogens with zero attached hydrogens (tertiary/aromatic N) is 4. The molecule has 0 aliphatic carbocycles. The Balaban J connectivity index is 1.67. The van der Waals surface area contributed by atoms with Crippen LogP contribution in [0.4, 0.5) is 13.2 Å². The molecule has 0 unspecified atom stereocenters. The van der Waals surface area contributed by atoms with Crippen LogP contribution in [0.25, 0.3) is 22.2 Å². The number of benzene rings is 1. The van der Waals surface area contributed by atoms with Crippen molar-refractivity contribution in [2.24, 2.45) is 0 Å². The van der Waals surface area contributed by atoms with Crippen LogP contribution < -0.4 is 0 Å². The fourth-order valence-electron chi connectivity index (χ4n) is 3.33. The van der Waals surface area contributed by atoms with Gasteiger partial charge in [-0.15, -0.1) is 0 Å². The highest BCUT2D eigenvalue weighted by Crippen LogP contribution is 2.29. The first-order valence-corrected chi connectivity index (χ1v) is 8.70. The highest BCUT2D eigenvalue weighted by Gasteiger charge is 2.20. The predicted octanol–water partition coefficient (Wildman–Crippen LogP) is 3.80. The number of pyridine rings is 1. The van der Waals surface area contributed by atoms with Crippen LogP contribution in [0.1, 0.15) is 24.8 Å². The smallest absolute Gasteiger partial charge is 0.266 e. The number of carbonyl (C=O) groups excluding carboxylic acids is 1. The number of halogens is 3. The van der Waals surface area contributed by atoms with E-state index in [4.69, 9.17) is 0 Å². The predicted molar refractivity (Wildman–Crippen MR) is 93.7 cm³/mol. The van der Waals surface area contributed by atoms with Gasteiger partial charge in [0.15, 0.2) is 0 Å². The molecule has 1 aromatic carbocycles. The third kappa shape index (κ3) is 3.39. The molecule has 1 aliphatic heterocycles. The quantitative estimate of drug-likeness (QED) is 0.698. The van der Waals surface area contributed by atoms with Gasteiger partial charge in [-0.25, -0.2) is 13.2 Å². The Kier molecular flexibility index (Phi) is 4.55. The van der Waals surface area contributed by atoms with Crippen LogP contribution >= 0.6 is 0 Å². The summed E-state index contributed by atoms with van der Waals surface area (Å²) >= 11 is 0. The van der Waals surface area contributed by atoms with E-state index in [0.717, 1.165) is 38.1 Å². The minimum absolute atomic E-state index is 0.00956. The van der Waals surface area contributed by atoms with Gasteiger partial charge in [-0.2, -0.15) is 5.10 Å². The Morgan fingerprint density at radius 3 is 2.63 bits per heavy atom. The second-order valence-electron chi connectivity index (χ2n) is 6.56. The number of likely N-dealkylation sites (tertiary alicyclic amines) is 1. The molecule has 1 amide bonds. The molecule has 0 spiro atoms. The molecule has 2 aromatic heterocycles. The normalized spacial score (nSPS) is 14.4. The van der Waals surface area contributed by atoms with E-state index in [0.29, 0.717) is 22.2 Å². The Morgan fingerprint density at radius 2 is 1.89 bits per heavy atom. The molecule has 1 fully saturated rings. The first-order chi connectivity index (χ1) is 13.0. The first-order valence-electron chi connectivity index (χ1n) is 8.70. The van der Waals surface area contributed by atoms with Crippen LogP contribution in [0.2, 0.25) is 0 Å². The second-order valence-corrected chi connectivity index (χ2v) is 6.56. The van der Waals surface area contributed by atoms with Gasteiger partial charge in [0.1, 0.15) is 17.9 Å². The van der Waals surface area contributed by atoms with Gasteiger partial charge in [-0.05, 0) is 36.6 Å². The summed E-state index contributed by atoms with van der Waals surface area (Å²) in [6.45, 7) is 1.61. The monoisotopic (exact) mass is 374 g/mol. The third-order valence-electron chi connectivity index (χ3n) is 4.80. The number of hydrogen-bond donors (Lipinski definition) is 0. The molecule has 0 radical (unpaired) electrons. The zero-order valence-electron chi connectivity index (χ0n) is 14.4. The molecule has 3 heterocycles. The molecule has 0 bridgehead atoms. The lowest BCUT2D eigenvalue weighted by molar-refractivity contribution is -0.130. The van der Waals surface area contributed by atoms with Crippen LogP contribution in [0.3, 0.4) is 0 Å². The van der Waals surface area contributed by atoms with Crippen LogP contribution in [-0.4, -0.2) is 38.7 Å². The van der Waals surface area contributed by atoms with Gasteiger partial charge in [0.05, 0.1) is 17.3 Å². The van der Waals surface area contributed by atoms with Crippen molar-refractivity contribution in [3.8, 4) is 11.1 Å². The van der Waals surface area contributed by atoms with Gasteiger partial charge >= 0.3 is 0 Å². The highest BCUT2D eigenvalue weighted by atomic mass is 19.3. The second kappa shape index (κ2) is 7.02. The number of aromatic nitrogens is 3. The Hall–Kier alpha value is -2.90. The SMILES string of the molecule is O=C(Cn1ncc2ncc(-c3ccc(F)c(C(F)F)c3)cc21)N1CCCC1. The van der Waals surface area contributed by atoms with Crippen molar-refractivity contribution in [1.82, 2.24) is 19.7 Å². The fraction of sp³-hybridized carbons (Fsp3) is 0.316. The zero-order chi connectivity index (χ0) is 19.0. The average Bonchev–Trinajstić information content (AvgIpc) is 3.32. The number of carbonyl (C=O) groups is 1. The van der Waals surface area contributed by atoms with Crippen molar-refractivity contribution < 1.29 is 18.0 Å². The average molecular weight is 374 g/mol. The Labute approximate surface area is 153 Å². The van der Waals surface area contributed by atoms with Gasteiger partial charge in [0.25, 0.3) is 6.43 Å². The summed E-state index contributed by atoms with van der Waals surface area (Å²) in [5.74, 6) is -0.950. The van der Waals surface area contributed by atoms with Gasteiger partial charge in [0, 0.05) is 24.8 Å². The highest BCUT2D eigenvalue weighted by molar-refractivity contribution is 5.83. The van der Waals surface area contributed by atoms with Crippen LogP contribution in [-0.2, 0) is 11.3 Å². The van der Waals surface area contributed by atoms with Crippen molar-refractivity contribution in [1.29, 1.82) is 0 Å². The van der Waals surface area contributed by atoms with Crippen molar-refractivity contribution in [2.45, 2.75) is 25.8 Å². The number of alkyl halides is 2. The number of amides is 1. The first kappa shape index (κ1) is 17.5. The van der Waals surface area contributed by atoms with Crippen molar-refractivity contribution >= 4 is 16.9 Å². The van der Waals surface area contributed by atoms with Crippen molar-refractivity contribution in [2.75, 3.05) is 13.1 Å². The van der Waals surface area contributed by atoms with E-state index in [-0.39, 0.29) is 12.5 Å². The van der Waals surface area contributed by atoms with E-state index < -0.39 is 17.8 Å². The molecule has 1 aliphatic rings. The molecular weight excluding hydrogens is 357 g/mol. The van der Waals surface area contributed by atoms with E-state index in [1.165, 1.54) is 12.3 Å². The molecule has 27 heavy (non-hydrogen) atoms. The molecule has 1 saturated heterocycles. The molecular formula is C19H17F3N4O. The number of hydrogen-bond acceptors (Lipinski definition) is 3. The number of rotatable bonds is 4. The minimum Gasteiger partial charge on any atom is -0.341 e. The Bertz CT molecular complexity index is 996. The van der Waals surface area contributed by atoms with Crippen LogP contribution in [0.5, 0.6) is 0 Å². The lowest BCUT2D eigenvalue weighted by Crippen LogP contribution is -2.31. The molecule has 140 valence electrons. The molecule has 8 heteroatoms. The van der Waals surface area contributed by atoms with E-state index in [1.54, 1.807) is 21.8 Å². The molecule has 3 aromatic rings. The summed E-state index contributed by atoms with van der Waals surface area (Å²) in [5, 5.41) is 4.23. The van der Waals surface area contributed by atoms with Gasteiger partial charge in [-0.3, -0.25) is 14.5 Å². The van der Waals surface area contributed by atoms with Crippen molar-refractivity contribution in [3.63, 3.8) is 0 Å². The van der Waals surface area contributed by atoms with Gasteiger partial charge < -0.3 is 4.90 Å². The summed E-state index contributed by atoms with van der Waals surface area (Å²) in [4.78, 5) is 18.5. The van der Waals surface area contributed by atoms with E-state index >= 15 is 0 Å². The van der Waals surface area contributed by atoms with Crippen LogP contribution in [0.15, 0.2) is 36.7 Å². The van der Waals surface area contributed by atoms with Gasteiger partial charge in [0.2, 0.25) is 5.91 Å². The lowest BCUT2D eigenvalue weighted by atomic mass is 10.0. The topological polar surface area (TPSA) is 51.0 Å². The molecule has 0 N–H and O–H groups in total. The molecule has 0 saturated carbocycles. The Morgan fingerprint density at radius 1 is 1.11 bits per heavy atom. The molecule has 0 atom stereocenters.